The molecule has 0 saturated carbocycles. The summed E-state index contributed by atoms with van der Waals surface area (Å²) in [7, 11) is 3.06. The van der Waals surface area contributed by atoms with Crippen LogP contribution < -0.4 is 25.0 Å². The molecule has 0 spiro atoms. The Morgan fingerprint density at radius 2 is 1.83 bits per heavy atom. The molecule has 0 aliphatic rings. The van der Waals surface area contributed by atoms with E-state index in [2.05, 4.69) is 5.32 Å². The van der Waals surface area contributed by atoms with Crippen molar-refractivity contribution in [3.8, 4) is 28.6 Å². The molecule has 0 saturated heterocycles. The zero-order valence-electron chi connectivity index (χ0n) is 17.5. The Bertz CT molecular complexity index is 1100. The zero-order chi connectivity index (χ0) is 21.7. The first kappa shape index (κ1) is 21.2. The van der Waals surface area contributed by atoms with E-state index in [-0.39, 0.29) is 35.5 Å². The summed E-state index contributed by atoms with van der Waals surface area (Å²) in [5.74, 6) is 0.900. The Morgan fingerprint density at radius 1 is 1.10 bits per heavy atom. The van der Waals surface area contributed by atoms with Crippen LogP contribution in [-0.4, -0.2) is 32.8 Å². The van der Waals surface area contributed by atoms with Gasteiger partial charge in [-0.3, -0.25) is 9.59 Å². The number of fused-ring (bicyclic) bond motifs is 1. The standard InChI is InChI=1S/C23H25NO6/c1-5-14(2)24-20(25)13-29-23-21(26)16-8-6-7-9-17(16)30-22(23)15-10-11-18(27-3)19(12-15)28-4/h6-12,14H,5,13H2,1-4H3,(H,24,25). The van der Waals surface area contributed by atoms with Gasteiger partial charge in [-0.05, 0) is 43.7 Å². The number of methoxy groups -OCH3 is 2. The van der Waals surface area contributed by atoms with Gasteiger partial charge < -0.3 is 23.9 Å². The van der Waals surface area contributed by atoms with E-state index in [1.54, 1.807) is 42.5 Å². The van der Waals surface area contributed by atoms with Crippen LogP contribution in [0.5, 0.6) is 17.2 Å². The molecule has 1 N–H and O–H groups in total. The highest BCUT2D eigenvalue weighted by Crippen LogP contribution is 2.36. The summed E-state index contributed by atoms with van der Waals surface area (Å²) in [4.78, 5) is 25.3. The average Bonchev–Trinajstić information content (AvgIpc) is 2.77. The van der Waals surface area contributed by atoms with Crippen LogP contribution in [0.2, 0.25) is 0 Å². The molecule has 0 bridgehead atoms. The zero-order valence-corrected chi connectivity index (χ0v) is 17.5. The Labute approximate surface area is 174 Å². The second-order valence-corrected chi connectivity index (χ2v) is 6.82. The Morgan fingerprint density at radius 3 is 2.53 bits per heavy atom. The number of carbonyl (C=O) groups is 1. The maximum Gasteiger partial charge on any atom is 0.258 e. The van der Waals surface area contributed by atoms with E-state index in [9.17, 15) is 9.59 Å². The highest BCUT2D eigenvalue weighted by Gasteiger charge is 2.20. The summed E-state index contributed by atoms with van der Waals surface area (Å²) in [5.41, 5.74) is 0.634. The number of amides is 1. The topological polar surface area (TPSA) is 87.0 Å². The van der Waals surface area contributed by atoms with E-state index in [4.69, 9.17) is 18.6 Å². The molecule has 1 unspecified atom stereocenters. The largest absolute Gasteiger partial charge is 0.493 e. The van der Waals surface area contributed by atoms with Crippen molar-refractivity contribution < 1.29 is 23.4 Å². The molecule has 0 aliphatic heterocycles. The molecule has 158 valence electrons. The highest BCUT2D eigenvalue weighted by atomic mass is 16.5. The van der Waals surface area contributed by atoms with Crippen LogP contribution in [0.3, 0.4) is 0 Å². The number of benzene rings is 2. The molecule has 3 rings (SSSR count). The van der Waals surface area contributed by atoms with Gasteiger partial charge >= 0.3 is 0 Å². The molecule has 1 aromatic heterocycles. The van der Waals surface area contributed by atoms with Crippen molar-refractivity contribution in [2.75, 3.05) is 20.8 Å². The highest BCUT2D eigenvalue weighted by molar-refractivity contribution is 5.83. The average molecular weight is 411 g/mol. The van der Waals surface area contributed by atoms with Gasteiger partial charge in [0.15, 0.2) is 23.9 Å². The number of hydrogen-bond donors (Lipinski definition) is 1. The molecule has 1 amide bonds. The van der Waals surface area contributed by atoms with Gasteiger partial charge in [-0.15, -0.1) is 0 Å². The molecule has 0 aliphatic carbocycles. The van der Waals surface area contributed by atoms with Crippen LogP contribution in [-0.2, 0) is 4.79 Å². The van der Waals surface area contributed by atoms with Gasteiger partial charge in [0.1, 0.15) is 5.58 Å². The SMILES string of the molecule is CCC(C)NC(=O)COc1c(-c2ccc(OC)c(OC)c2)oc2ccccc2c1=O. The number of hydrogen-bond acceptors (Lipinski definition) is 6. The summed E-state index contributed by atoms with van der Waals surface area (Å²) in [6.45, 7) is 3.57. The summed E-state index contributed by atoms with van der Waals surface area (Å²) in [6.07, 6.45) is 0.792. The molecule has 2 aromatic carbocycles. The van der Waals surface area contributed by atoms with Crippen molar-refractivity contribution in [1.29, 1.82) is 0 Å². The second-order valence-electron chi connectivity index (χ2n) is 6.82. The quantitative estimate of drug-likeness (QED) is 0.607. The number of rotatable bonds is 8. The summed E-state index contributed by atoms with van der Waals surface area (Å²) in [5, 5.41) is 3.19. The van der Waals surface area contributed by atoms with Gasteiger partial charge in [0.25, 0.3) is 5.91 Å². The molecule has 1 heterocycles. The second kappa shape index (κ2) is 9.35. The minimum atomic E-state index is -0.349. The first-order valence-electron chi connectivity index (χ1n) is 9.68. The van der Waals surface area contributed by atoms with Crippen LogP contribution in [0.25, 0.3) is 22.3 Å². The third-order valence-electron chi connectivity index (χ3n) is 4.77. The first-order valence-corrected chi connectivity index (χ1v) is 9.68. The third kappa shape index (κ3) is 4.40. The first-order chi connectivity index (χ1) is 14.5. The van der Waals surface area contributed by atoms with Gasteiger partial charge in [0.2, 0.25) is 11.2 Å². The molecule has 7 nitrogen and oxygen atoms in total. The summed E-state index contributed by atoms with van der Waals surface area (Å²) < 4.78 is 22.3. The van der Waals surface area contributed by atoms with Crippen molar-refractivity contribution in [2.24, 2.45) is 0 Å². The van der Waals surface area contributed by atoms with Crippen LogP contribution >= 0.6 is 0 Å². The van der Waals surface area contributed by atoms with Crippen molar-refractivity contribution >= 4 is 16.9 Å². The third-order valence-corrected chi connectivity index (χ3v) is 4.77. The molecular weight excluding hydrogens is 386 g/mol. The van der Waals surface area contributed by atoms with E-state index in [1.807, 2.05) is 13.8 Å². The maximum atomic E-state index is 13.1. The molecule has 30 heavy (non-hydrogen) atoms. The normalized spacial score (nSPS) is 11.7. The molecule has 1 atom stereocenters. The van der Waals surface area contributed by atoms with Crippen molar-refractivity contribution in [2.45, 2.75) is 26.3 Å². The molecule has 0 fully saturated rings. The Balaban J connectivity index is 2.07. The minimum absolute atomic E-state index is 0.0134. The number of ether oxygens (including phenoxy) is 3. The minimum Gasteiger partial charge on any atom is -0.493 e. The lowest BCUT2D eigenvalue weighted by Gasteiger charge is -2.15. The number of carbonyl (C=O) groups excluding carboxylic acids is 1. The lowest BCUT2D eigenvalue weighted by molar-refractivity contribution is -0.123. The fraction of sp³-hybridized carbons (Fsp3) is 0.304. The lowest BCUT2D eigenvalue weighted by Crippen LogP contribution is -2.36. The Kier molecular flexibility index (Phi) is 6.61. The Hall–Kier alpha value is -3.48. The molecule has 3 aromatic rings. The van der Waals surface area contributed by atoms with Crippen molar-refractivity contribution in [3.05, 3.63) is 52.7 Å². The monoisotopic (exact) mass is 411 g/mol. The van der Waals surface area contributed by atoms with Gasteiger partial charge in [-0.1, -0.05) is 19.1 Å². The van der Waals surface area contributed by atoms with Crippen LogP contribution in [0.4, 0.5) is 0 Å². The van der Waals surface area contributed by atoms with E-state index in [1.165, 1.54) is 14.2 Å². The van der Waals surface area contributed by atoms with E-state index >= 15 is 0 Å². The van der Waals surface area contributed by atoms with E-state index in [0.29, 0.717) is 28.0 Å². The van der Waals surface area contributed by atoms with Gasteiger partial charge in [-0.25, -0.2) is 0 Å². The van der Waals surface area contributed by atoms with Gasteiger partial charge in [-0.2, -0.15) is 0 Å². The van der Waals surface area contributed by atoms with Crippen molar-refractivity contribution in [1.82, 2.24) is 5.32 Å². The lowest BCUT2D eigenvalue weighted by atomic mass is 10.1. The van der Waals surface area contributed by atoms with Crippen LogP contribution in [0, 0.1) is 0 Å². The fourth-order valence-electron chi connectivity index (χ4n) is 2.98. The molecule has 7 heteroatoms. The predicted octanol–water partition coefficient (Wildman–Crippen LogP) is 3.77. The van der Waals surface area contributed by atoms with Gasteiger partial charge in [0, 0.05) is 11.6 Å². The van der Waals surface area contributed by atoms with Crippen LogP contribution in [0.15, 0.2) is 51.7 Å². The maximum absolute atomic E-state index is 13.1. The number of para-hydroxylation sites is 1. The predicted molar refractivity (Wildman–Crippen MR) is 114 cm³/mol. The van der Waals surface area contributed by atoms with E-state index in [0.717, 1.165) is 6.42 Å². The van der Waals surface area contributed by atoms with Crippen LogP contribution in [0.1, 0.15) is 20.3 Å². The number of nitrogens with one attached hydrogen (secondary N) is 1. The summed E-state index contributed by atoms with van der Waals surface area (Å²) >= 11 is 0. The van der Waals surface area contributed by atoms with E-state index < -0.39 is 0 Å². The van der Waals surface area contributed by atoms with Gasteiger partial charge in [0.05, 0.1) is 19.6 Å². The smallest absolute Gasteiger partial charge is 0.258 e. The fourth-order valence-corrected chi connectivity index (χ4v) is 2.98. The summed E-state index contributed by atoms with van der Waals surface area (Å²) in [6, 6.07) is 12.0. The van der Waals surface area contributed by atoms with Crippen molar-refractivity contribution in [3.63, 3.8) is 0 Å². The molecule has 0 radical (unpaired) electrons. The molecular formula is C23H25NO6.